The van der Waals surface area contributed by atoms with Gasteiger partial charge in [0.05, 0.1) is 12.2 Å². The molecule has 148 valence electrons. The van der Waals surface area contributed by atoms with Crippen molar-refractivity contribution < 1.29 is 9.18 Å². The van der Waals surface area contributed by atoms with E-state index in [0.717, 1.165) is 22.1 Å². The minimum absolute atomic E-state index is 0.162. The largest absolute Gasteiger partial charge is 0.352 e. The number of aromatic nitrogens is 3. The fourth-order valence-corrected chi connectivity index (χ4v) is 3.41. The molecular weight excluding hydrogens is 375 g/mol. The van der Waals surface area contributed by atoms with Crippen molar-refractivity contribution in [3.05, 3.63) is 92.5 Å². The van der Waals surface area contributed by atoms with E-state index in [2.05, 4.69) is 5.10 Å². The van der Waals surface area contributed by atoms with Crippen molar-refractivity contribution in [2.75, 3.05) is 13.1 Å². The molecule has 1 amide bonds. The van der Waals surface area contributed by atoms with Crippen LogP contribution in [0.4, 0.5) is 4.39 Å². The summed E-state index contributed by atoms with van der Waals surface area (Å²) in [7, 11) is 0. The third kappa shape index (κ3) is 3.73. The minimum atomic E-state index is -0.775. The molecule has 1 aliphatic heterocycles. The first-order valence-electron chi connectivity index (χ1n) is 9.38. The van der Waals surface area contributed by atoms with Crippen LogP contribution in [0.5, 0.6) is 0 Å². The fourth-order valence-electron chi connectivity index (χ4n) is 3.41. The second kappa shape index (κ2) is 7.83. The van der Waals surface area contributed by atoms with Crippen molar-refractivity contribution in [3.63, 3.8) is 0 Å². The van der Waals surface area contributed by atoms with Crippen molar-refractivity contribution in [2.24, 2.45) is 0 Å². The summed E-state index contributed by atoms with van der Waals surface area (Å²) in [6.07, 6.45) is 1.73. The smallest absolute Gasteiger partial charge is 0.337 e. The molecule has 2 heterocycles. The van der Waals surface area contributed by atoms with Gasteiger partial charge in [-0.05, 0) is 42.7 Å². The zero-order chi connectivity index (χ0) is 20.4. The number of carbonyl (C=O) groups is 1. The highest BCUT2D eigenvalue weighted by Gasteiger charge is 2.26. The summed E-state index contributed by atoms with van der Waals surface area (Å²) in [6, 6.07) is 14.2. The van der Waals surface area contributed by atoms with Gasteiger partial charge in [0.2, 0.25) is 5.69 Å². The van der Waals surface area contributed by atoms with Gasteiger partial charge in [0.25, 0.3) is 11.5 Å². The number of nitrogens with zero attached hydrogens (tertiary/aromatic N) is 4. The fraction of sp³-hybridized carbons (Fsp3) is 0.238. The zero-order valence-electron chi connectivity index (χ0n) is 15.6. The maximum absolute atomic E-state index is 13.6. The lowest BCUT2D eigenvalue weighted by molar-refractivity contribution is 0.0781. The number of hydrogen-bond donors (Lipinski definition) is 0. The minimum Gasteiger partial charge on any atom is -0.337 e. The number of carbonyl (C=O) groups excluding carboxylic acids is 1. The molecule has 0 aliphatic carbocycles. The number of hydrogen-bond acceptors (Lipinski definition) is 4. The summed E-state index contributed by atoms with van der Waals surface area (Å²) >= 11 is 0. The molecule has 3 aromatic rings. The second-order valence-corrected chi connectivity index (χ2v) is 6.90. The van der Waals surface area contributed by atoms with E-state index in [4.69, 9.17) is 0 Å². The normalized spacial score (nSPS) is 13.6. The number of likely N-dealkylation sites (tertiary alicyclic amines) is 1. The standard InChI is InChI=1S/C21H19FN4O3/c22-16-8-6-7-15(13-16)14-25-20(28)18(19(27)24-11-4-5-12-24)23-26(21(25)29)17-9-2-1-3-10-17/h1-3,6-10,13H,4-5,11-12,14H2. The van der Waals surface area contributed by atoms with Gasteiger partial charge in [0.1, 0.15) is 5.82 Å². The molecule has 1 aliphatic rings. The Morgan fingerprint density at radius 2 is 1.72 bits per heavy atom. The molecule has 0 atom stereocenters. The lowest BCUT2D eigenvalue weighted by atomic mass is 10.2. The molecule has 1 fully saturated rings. The third-order valence-electron chi connectivity index (χ3n) is 4.89. The van der Waals surface area contributed by atoms with Gasteiger partial charge in [0, 0.05) is 13.1 Å². The average molecular weight is 394 g/mol. The van der Waals surface area contributed by atoms with Crippen LogP contribution >= 0.6 is 0 Å². The van der Waals surface area contributed by atoms with Crippen molar-refractivity contribution in [1.82, 2.24) is 19.2 Å². The molecular formula is C21H19FN4O3. The van der Waals surface area contributed by atoms with Crippen LogP contribution in [0.2, 0.25) is 0 Å². The molecule has 0 saturated carbocycles. The SMILES string of the molecule is O=C(c1nn(-c2ccccc2)c(=O)n(Cc2cccc(F)c2)c1=O)N1CCCC1. The van der Waals surface area contributed by atoms with Crippen LogP contribution in [-0.2, 0) is 6.54 Å². The first-order chi connectivity index (χ1) is 14.0. The number of benzene rings is 2. The molecule has 0 N–H and O–H groups in total. The summed E-state index contributed by atoms with van der Waals surface area (Å²) in [4.78, 5) is 40.5. The van der Waals surface area contributed by atoms with Crippen molar-refractivity contribution >= 4 is 5.91 Å². The molecule has 8 heteroatoms. The summed E-state index contributed by atoms with van der Waals surface area (Å²) in [5.41, 5.74) is -0.908. The Morgan fingerprint density at radius 3 is 2.41 bits per heavy atom. The van der Waals surface area contributed by atoms with Gasteiger partial charge in [0.15, 0.2) is 0 Å². The van der Waals surface area contributed by atoms with Crippen LogP contribution in [-0.4, -0.2) is 38.2 Å². The molecule has 0 radical (unpaired) electrons. The first kappa shape index (κ1) is 18.8. The van der Waals surface area contributed by atoms with Crippen LogP contribution in [0.1, 0.15) is 28.9 Å². The van der Waals surface area contributed by atoms with Crippen LogP contribution in [0.15, 0.2) is 64.2 Å². The number of rotatable bonds is 4. The molecule has 0 spiro atoms. The van der Waals surface area contributed by atoms with Crippen molar-refractivity contribution in [3.8, 4) is 5.69 Å². The van der Waals surface area contributed by atoms with Crippen molar-refractivity contribution in [1.29, 1.82) is 0 Å². The van der Waals surface area contributed by atoms with Gasteiger partial charge in [-0.1, -0.05) is 30.3 Å². The summed E-state index contributed by atoms with van der Waals surface area (Å²) in [5, 5.41) is 4.11. The van der Waals surface area contributed by atoms with Crippen LogP contribution in [0.3, 0.4) is 0 Å². The number of amides is 1. The zero-order valence-corrected chi connectivity index (χ0v) is 15.6. The average Bonchev–Trinajstić information content (AvgIpc) is 3.26. The lowest BCUT2D eigenvalue weighted by Gasteiger charge is -2.16. The van der Waals surface area contributed by atoms with Gasteiger partial charge >= 0.3 is 5.69 Å². The van der Waals surface area contributed by atoms with E-state index in [1.54, 1.807) is 41.3 Å². The Labute approximate surface area is 165 Å². The van der Waals surface area contributed by atoms with Gasteiger partial charge in [-0.3, -0.25) is 14.2 Å². The van der Waals surface area contributed by atoms with Gasteiger partial charge in [-0.15, -0.1) is 0 Å². The van der Waals surface area contributed by atoms with Crippen LogP contribution < -0.4 is 11.2 Å². The van der Waals surface area contributed by atoms with Crippen LogP contribution in [0, 0.1) is 5.82 Å². The Balaban J connectivity index is 1.88. The van der Waals surface area contributed by atoms with E-state index in [1.807, 2.05) is 0 Å². The summed E-state index contributed by atoms with van der Waals surface area (Å²) in [5.74, 6) is -0.966. The first-order valence-corrected chi connectivity index (χ1v) is 9.38. The Morgan fingerprint density at radius 1 is 1.00 bits per heavy atom. The second-order valence-electron chi connectivity index (χ2n) is 6.90. The maximum Gasteiger partial charge on any atom is 0.352 e. The van der Waals surface area contributed by atoms with E-state index in [-0.39, 0.29) is 12.2 Å². The monoisotopic (exact) mass is 394 g/mol. The Kier molecular flexibility index (Phi) is 5.07. The van der Waals surface area contributed by atoms with E-state index in [1.165, 1.54) is 18.2 Å². The number of halogens is 1. The van der Waals surface area contributed by atoms with Gasteiger partial charge in [-0.25, -0.2) is 9.18 Å². The predicted molar refractivity (Wildman–Crippen MR) is 105 cm³/mol. The Bertz CT molecular complexity index is 1160. The summed E-state index contributed by atoms with van der Waals surface area (Å²) < 4.78 is 15.6. The molecule has 1 saturated heterocycles. The van der Waals surface area contributed by atoms with E-state index in [0.29, 0.717) is 24.3 Å². The highest BCUT2D eigenvalue weighted by Crippen LogP contribution is 2.11. The molecule has 2 aromatic carbocycles. The highest BCUT2D eigenvalue weighted by atomic mass is 19.1. The van der Waals surface area contributed by atoms with Crippen molar-refractivity contribution in [2.45, 2.75) is 19.4 Å². The Hall–Kier alpha value is -3.55. The predicted octanol–water partition coefficient (Wildman–Crippen LogP) is 1.82. The highest BCUT2D eigenvalue weighted by molar-refractivity contribution is 5.92. The van der Waals surface area contributed by atoms with Crippen LogP contribution in [0.25, 0.3) is 5.69 Å². The third-order valence-corrected chi connectivity index (χ3v) is 4.89. The van der Waals surface area contributed by atoms with Gasteiger partial charge < -0.3 is 4.90 Å². The van der Waals surface area contributed by atoms with E-state index >= 15 is 0 Å². The topological polar surface area (TPSA) is 77.2 Å². The summed E-state index contributed by atoms with van der Waals surface area (Å²) in [6.45, 7) is 0.938. The van der Waals surface area contributed by atoms with E-state index in [9.17, 15) is 18.8 Å². The van der Waals surface area contributed by atoms with E-state index < -0.39 is 23.0 Å². The quantitative estimate of drug-likeness (QED) is 0.676. The lowest BCUT2D eigenvalue weighted by Crippen LogP contribution is -2.46. The molecule has 0 unspecified atom stereocenters. The molecule has 7 nitrogen and oxygen atoms in total. The molecule has 4 rings (SSSR count). The molecule has 29 heavy (non-hydrogen) atoms. The van der Waals surface area contributed by atoms with Gasteiger partial charge in [-0.2, -0.15) is 9.78 Å². The maximum atomic E-state index is 13.6. The number of para-hydroxylation sites is 1. The molecule has 1 aromatic heterocycles. The molecule has 0 bridgehead atoms.